The Morgan fingerprint density at radius 1 is 1.24 bits per heavy atom. The van der Waals surface area contributed by atoms with E-state index < -0.39 is 5.97 Å². The molecule has 0 aliphatic carbocycles. The lowest BCUT2D eigenvalue weighted by atomic mass is 9.98. The lowest BCUT2D eigenvalue weighted by Gasteiger charge is -2.13. The molecular weight excluding hydrogens is 284 g/mol. The van der Waals surface area contributed by atoms with E-state index in [4.69, 9.17) is 5.11 Å². The first-order chi connectivity index (χ1) is 9.86. The molecule has 21 heavy (non-hydrogen) atoms. The fourth-order valence-electron chi connectivity index (χ4n) is 1.83. The molecule has 2 rings (SSSR count). The SMILES string of the molecule is CC(C)(C)c1ncc(CNCc2ccc(C(=O)O)cc2)s1. The van der Waals surface area contributed by atoms with Gasteiger partial charge in [-0.2, -0.15) is 0 Å². The molecule has 0 aliphatic heterocycles. The normalized spacial score (nSPS) is 11.6. The van der Waals surface area contributed by atoms with Gasteiger partial charge in [-0.15, -0.1) is 11.3 Å². The Morgan fingerprint density at radius 3 is 2.43 bits per heavy atom. The van der Waals surface area contributed by atoms with Crippen LogP contribution in [0.4, 0.5) is 0 Å². The Balaban J connectivity index is 1.86. The van der Waals surface area contributed by atoms with Gasteiger partial charge in [0.05, 0.1) is 10.6 Å². The van der Waals surface area contributed by atoms with Gasteiger partial charge in [-0.1, -0.05) is 32.9 Å². The summed E-state index contributed by atoms with van der Waals surface area (Å²) < 4.78 is 0. The second-order valence-corrected chi connectivity index (χ2v) is 7.10. The summed E-state index contributed by atoms with van der Waals surface area (Å²) in [4.78, 5) is 16.4. The summed E-state index contributed by atoms with van der Waals surface area (Å²) in [6.45, 7) is 7.96. The Morgan fingerprint density at radius 2 is 1.90 bits per heavy atom. The molecule has 5 heteroatoms. The molecule has 1 aromatic heterocycles. The molecule has 4 nitrogen and oxygen atoms in total. The summed E-state index contributed by atoms with van der Waals surface area (Å²) in [5.41, 5.74) is 1.48. The first-order valence-electron chi connectivity index (χ1n) is 6.84. The lowest BCUT2D eigenvalue weighted by Crippen LogP contribution is -2.12. The third-order valence-electron chi connectivity index (χ3n) is 3.02. The number of hydrogen-bond acceptors (Lipinski definition) is 4. The van der Waals surface area contributed by atoms with Crippen molar-refractivity contribution in [3.05, 3.63) is 51.5 Å². The van der Waals surface area contributed by atoms with E-state index in [9.17, 15) is 4.79 Å². The number of nitrogens with one attached hydrogen (secondary N) is 1. The molecule has 0 radical (unpaired) electrons. The summed E-state index contributed by atoms with van der Waals surface area (Å²) in [5, 5.41) is 13.3. The number of hydrogen-bond donors (Lipinski definition) is 2. The number of aromatic carboxylic acids is 1. The molecule has 0 amide bonds. The van der Waals surface area contributed by atoms with Gasteiger partial charge in [-0.25, -0.2) is 9.78 Å². The minimum Gasteiger partial charge on any atom is -0.478 e. The molecule has 0 aliphatic rings. The number of benzene rings is 1. The summed E-state index contributed by atoms with van der Waals surface area (Å²) >= 11 is 1.73. The number of aromatic nitrogens is 1. The van der Waals surface area contributed by atoms with Crippen molar-refractivity contribution in [3.63, 3.8) is 0 Å². The molecule has 0 unspecified atom stereocenters. The van der Waals surface area contributed by atoms with Crippen molar-refractivity contribution in [1.29, 1.82) is 0 Å². The zero-order valence-electron chi connectivity index (χ0n) is 12.5. The van der Waals surface area contributed by atoms with Gasteiger partial charge in [0.1, 0.15) is 0 Å². The predicted molar refractivity (Wildman–Crippen MR) is 84.8 cm³/mol. The van der Waals surface area contributed by atoms with Gasteiger partial charge in [0.15, 0.2) is 0 Å². The molecule has 0 atom stereocenters. The van der Waals surface area contributed by atoms with Crippen LogP contribution in [0, 0.1) is 0 Å². The zero-order chi connectivity index (χ0) is 15.5. The second-order valence-electron chi connectivity index (χ2n) is 5.99. The highest BCUT2D eigenvalue weighted by molar-refractivity contribution is 7.11. The van der Waals surface area contributed by atoms with Crippen LogP contribution in [0.1, 0.15) is 46.6 Å². The minimum atomic E-state index is -0.895. The molecule has 0 fully saturated rings. The van der Waals surface area contributed by atoms with E-state index in [2.05, 4.69) is 31.1 Å². The highest BCUT2D eigenvalue weighted by Gasteiger charge is 2.17. The van der Waals surface area contributed by atoms with Crippen molar-refractivity contribution in [1.82, 2.24) is 10.3 Å². The molecule has 0 bridgehead atoms. The van der Waals surface area contributed by atoms with Gasteiger partial charge in [0.25, 0.3) is 0 Å². The number of nitrogens with zero attached hydrogens (tertiary/aromatic N) is 1. The smallest absolute Gasteiger partial charge is 0.335 e. The molecule has 112 valence electrons. The predicted octanol–water partition coefficient (Wildman–Crippen LogP) is 3.43. The van der Waals surface area contributed by atoms with Gasteiger partial charge in [0.2, 0.25) is 0 Å². The number of carbonyl (C=O) groups is 1. The number of rotatable bonds is 5. The van der Waals surface area contributed by atoms with Crippen LogP contribution in [0.2, 0.25) is 0 Å². The molecule has 0 saturated carbocycles. The monoisotopic (exact) mass is 304 g/mol. The number of carboxylic acid groups (broad SMARTS) is 1. The van der Waals surface area contributed by atoms with Gasteiger partial charge in [-0.05, 0) is 17.7 Å². The van der Waals surface area contributed by atoms with Crippen LogP contribution in [0.15, 0.2) is 30.5 Å². The van der Waals surface area contributed by atoms with Gasteiger partial charge >= 0.3 is 5.97 Å². The summed E-state index contributed by atoms with van der Waals surface area (Å²) in [5.74, 6) is -0.895. The molecule has 2 aromatic rings. The van der Waals surface area contributed by atoms with Gasteiger partial charge in [-0.3, -0.25) is 0 Å². The van der Waals surface area contributed by atoms with Crippen molar-refractivity contribution in [2.45, 2.75) is 39.3 Å². The summed E-state index contributed by atoms with van der Waals surface area (Å²) in [6, 6.07) is 6.93. The molecule has 1 aromatic carbocycles. The topological polar surface area (TPSA) is 62.2 Å². The Bertz CT molecular complexity index is 612. The Labute approximate surface area is 128 Å². The highest BCUT2D eigenvalue weighted by Crippen LogP contribution is 2.26. The highest BCUT2D eigenvalue weighted by atomic mass is 32.1. The standard InChI is InChI=1S/C16H20N2O2S/c1-16(2,3)15-18-10-13(21-15)9-17-8-11-4-6-12(7-5-11)14(19)20/h4-7,10,17H,8-9H2,1-3H3,(H,19,20). The zero-order valence-corrected chi connectivity index (χ0v) is 13.3. The largest absolute Gasteiger partial charge is 0.478 e. The summed E-state index contributed by atoms with van der Waals surface area (Å²) in [6.07, 6.45) is 1.92. The maximum absolute atomic E-state index is 10.8. The van der Waals surface area contributed by atoms with Crippen molar-refractivity contribution in [2.75, 3.05) is 0 Å². The number of thiazole rings is 1. The van der Waals surface area contributed by atoms with E-state index in [0.29, 0.717) is 12.1 Å². The van der Waals surface area contributed by atoms with Crippen LogP contribution in [-0.2, 0) is 18.5 Å². The van der Waals surface area contributed by atoms with Gasteiger partial charge in [0, 0.05) is 29.6 Å². The van der Waals surface area contributed by atoms with Crippen LogP contribution in [0.5, 0.6) is 0 Å². The van der Waals surface area contributed by atoms with E-state index in [1.54, 1.807) is 23.5 Å². The molecule has 1 heterocycles. The van der Waals surface area contributed by atoms with Crippen LogP contribution >= 0.6 is 11.3 Å². The Hall–Kier alpha value is -1.72. The van der Waals surface area contributed by atoms with Crippen LogP contribution < -0.4 is 5.32 Å². The lowest BCUT2D eigenvalue weighted by molar-refractivity contribution is 0.0697. The van der Waals surface area contributed by atoms with Crippen molar-refractivity contribution < 1.29 is 9.90 Å². The van der Waals surface area contributed by atoms with Crippen LogP contribution in [-0.4, -0.2) is 16.1 Å². The second kappa shape index (κ2) is 6.37. The minimum absolute atomic E-state index is 0.0928. The first-order valence-corrected chi connectivity index (χ1v) is 7.66. The third-order valence-corrected chi connectivity index (χ3v) is 4.45. The molecule has 0 saturated heterocycles. The number of carboxylic acids is 1. The summed E-state index contributed by atoms with van der Waals surface area (Å²) in [7, 11) is 0. The first kappa shape index (κ1) is 15.7. The van der Waals surface area contributed by atoms with Crippen molar-refractivity contribution >= 4 is 17.3 Å². The fourth-order valence-corrected chi connectivity index (χ4v) is 2.77. The molecular formula is C16H20N2O2S. The van der Waals surface area contributed by atoms with Crippen LogP contribution in [0.25, 0.3) is 0 Å². The Kier molecular flexibility index (Phi) is 4.75. The van der Waals surface area contributed by atoms with E-state index in [-0.39, 0.29) is 5.41 Å². The molecule has 2 N–H and O–H groups in total. The quantitative estimate of drug-likeness (QED) is 0.888. The average Bonchev–Trinajstić information content (AvgIpc) is 2.88. The van der Waals surface area contributed by atoms with Crippen LogP contribution in [0.3, 0.4) is 0 Å². The fraction of sp³-hybridized carbons (Fsp3) is 0.375. The van der Waals surface area contributed by atoms with E-state index in [0.717, 1.165) is 17.1 Å². The maximum Gasteiger partial charge on any atom is 0.335 e. The third kappa shape index (κ3) is 4.37. The van der Waals surface area contributed by atoms with E-state index in [1.165, 1.54) is 4.88 Å². The average molecular weight is 304 g/mol. The maximum atomic E-state index is 10.8. The van der Waals surface area contributed by atoms with Crippen molar-refractivity contribution in [3.8, 4) is 0 Å². The van der Waals surface area contributed by atoms with Crippen molar-refractivity contribution in [2.24, 2.45) is 0 Å². The molecule has 0 spiro atoms. The van der Waals surface area contributed by atoms with E-state index in [1.807, 2.05) is 18.3 Å². The van der Waals surface area contributed by atoms with E-state index >= 15 is 0 Å². The van der Waals surface area contributed by atoms with Gasteiger partial charge < -0.3 is 10.4 Å².